The number of nitrogens with zero attached hydrogens (tertiary/aromatic N) is 5. The molecule has 7 heteroatoms. The van der Waals surface area contributed by atoms with E-state index in [1.54, 1.807) is 10.9 Å². The molecule has 0 aliphatic carbocycles. The first-order chi connectivity index (χ1) is 16.7. The third-order valence-corrected chi connectivity index (χ3v) is 7.94. The van der Waals surface area contributed by atoms with Gasteiger partial charge in [0.2, 0.25) is 5.91 Å². The van der Waals surface area contributed by atoms with Crippen LogP contribution in [0.15, 0.2) is 65.7 Å². The summed E-state index contributed by atoms with van der Waals surface area (Å²) in [6, 6.07) is 18.6. The third kappa shape index (κ3) is 3.88. The van der Waals surface area contributed by atoms with Crippen molar-refractivity contribution < 1.29 is 4.79 Å². The largest absolute Gasteiger partial charge is 0.371 e. The van der Waals surface area contributed by atoms with Gasteiger partial charge in [0.05, 0.1) is 23.1 Å². The third-order valence-electron chi connectivity index (χ3n) is 7.94. The van der Waals surface area contributed by atoms with Gasteiger partial charge < -0.3 is 9.80 Å². The number of benzene rings is 2. The van der Waals surface area contributed by atoms with Gasteiger partial charge in [-0.05, 0) is 43.5 Å². The van der Waals surface area contributed by atoms with Crippen LogP contribution >= 0.6 is 0 Å². The topological polar surface area (TPSA) is 61.7 Å². The van der Waals surface area contributed by atoms with Crippen LogP contribution in [0.3, 0.4) is 0 Å². The smallest absolute Gasteiger partial charge is 0.261 e. The molecule has 4 saturated heterocycles. The zero-order valence-corrected chi connectivity index (χ0v) is 19.4. The summed E-state index contributed by atoms with van der Waals surface area (Å²) in [5, 5.41) is 0.669. The van der Waals surface area contributed by atoms with E-state index in [9.17, 15) is 9.59 Å². The lowest BCUT2D eigenvalue weighted by molar-refractivity contribution is -0.145. The van der Waals surface area contributed by atoms with Crippen LogP contribution in [0.1, 0.15) is 19.3 Å². The van der Waals surface area contributed by atoms with Gasteiger partial charge in [-0.25, -0.2) is 4.98 Å². The minimum Gasteiger partial charge on any atom is -0.371 e. The molecule has 0 N–H and O–H groups in total. The van der Waals surface area contributed by atoms with Gasteiger partial charge in [0.25, 0.3) is 5.56 Å². The van der Waals surface area contributed by atoms with E-state index >= 15 is 0 Å². The molecule has 3 atom stereocenters. The lowest BCUT2D eigenvalue weighted by atomic mass is 9.89. The van der Waals surface area contributed by atoms with Gasteiger partial charge in [-0.2, -0.15) is 0 Å². The van der Waals surface area contributed by atoms with Gasteiger partial charge in [0.1, 0.15) is 0 Å². The van der Waals surface area contributed by atoms with Gasteiger partial charge in [0, 0.05) is 57.0 Å². The lowest BCUT2D eigenvalue weighted by Crippen LogP contribution is -2.65. The second kappa shape index (κ2) is 8.87. The van der Waals surface area contributed by atoms with Crippen molar-refractivity contribution in [3.63, 3.8) is 0 Å². The molecule has 34 heavy (non-hydrogen) atoms. The summed E-state index contributed by atoms with van der Waals surface area (Å²) in [5.74, 6) is 0.429. The minimum atomic E-state index is 0.0220. The molecule has 4 fully saturated rings. The first kappa shape index (κ1) is 21.4. The van der Waals surface area contributed by atoms with Crippen LogP contribution in [-0.4, -0.2) is 70.1 Å². The number of hydrogen-bond donors (Lipinski definition) is 0. The van der Waals surface area contributed by atoms with Crippen molar-refractivity contribution in [2.45, 2.75) is 37.9 Å². The Morgan fingerprint density at radius 2 is 1.68 bits per heavy atom. The summed E-state index contributed by atoms with van der Waals surface area (Å²) in [7, 11) is 0. The molecule has 0 spiro atoms. The molecule has 7 nitrogen and oxygen atoms in total. The Morgan fingerprint density at radius 1 is 0.882 bits per heavy atom. The number of piperazine rings is 1. The molecule has 0 radical (unpaired) electrons. The van der Waals surface area contributed by atoms with Crippen LogP contribution in [0.4, 0.5) is 5.69 Å². The molecule has 1 amide bonds. The summed E-state index contributed by atoms with van der Waals surface area (Å²) in [5.41, 5.74) is 1.98. The average molecular weight is 458 g/mol. The number of amides is 1. The Hall–Kier alpha value is -3.19. The quantitative estimate of drug-likeness (QED) is 0.590. The minimum absolute atomic E-state index is 0.0220. The SMILES string of the molecule is O=C(C1CCN(c2ccccc2)C1)N1CC2CCC1CN2CCn1cnc2ccccc2c1=O. The van der Waals surface area contributed by atoms with E-state index < -0.39 is 0 Å². The Bertz CT molecular complexity index is 1240. The van der Waals surface area contributed by atoms with Gasteiger partial charge >= 0.3 is 0 Å². The second-order valence-electron chi connectivity index (χ2n) is 9.90. The number of hydrogen-bond acceptors (Lipinski definition) is 5. The Labute approximate surface area is 199 Å². The summed E-state index contributed by atoms with van der Waals surface area (Å²) in [4.78, 5) is 37.7. The Kier molecular flexibility index (Phi) is 5.57. The van der Waals surface area contributed by atoms with E-state index in [-0.39, 0.29) is 17.5 Å². The highest BCUT2D eigenvalue weighted by Gasteiger charge is 2.43. The number of rotatable bonds is 5. The predicted molar refractivity (Wildman–Crippen MR) is 133 cm³/mol. The number of para-hydroxylation sites is 2. The van der Waals surface area contributed by atoms with Gasteiger partial charge in [-0.15, -0.1) is 0 Å². The van der Waals surface area contributed by atoms with E-state index in [2.05, 4.69) is 43.9 Å². The molecular formula is C27H31N5O2. The standard InChI is InChI=1S/C27H31N5O2/c33-26(20-12-13-29(16-20)21-6-2-1-3-7-21)32-18-22-10-11-23(32)17-30(22)14-15-31-19-28-25-9-5-4-8-24(25)27(31)34/h1-9,19-20,22-23H,10-18H2. The molecule has 3 aromatic rings. The fraction of sp³-hybridized carbons (Fsp3) is 0.444. The Balaban J connectivity index is 1.08. The average Bonchev–Trinajstić information content (AvgIpc) is 3.39. The van der Waals surface area contributed by atoms with E-state index in [0.29, 0.717) is 23.9 Å². The lowest BCUT2D eigenvalue weighted by Gasteiger charge is -2.52. The number of fused-ring (bicyclic) bond motifs is 4. The van der Waals surface area contributed by atoms with Crippen molar-refractivity contribution in [3.05, 3.63) is 71.3 Å². The zero-order valence-electron chi connectivity index (χ0n) is 19.4. The maximum Gasteiger partial charge on any atom is 0.261 e. The van der Waals surface area contributed by atoms with Crippen molar-refractivity contribution in [2.24, 2.45) is 5.92 Å². The fourth-order valence-electron chi connectivity index (χ4n) is 6.03. The monoisotopic (exact) mass is 457 g/mol. The van der Waals surface area contributed by atoms with Crippen molar-refractivity contribution >= 4 is 22.5 Å². The maximum atomic E-state index is 13.4. The summed E-state index contributed by atoms with van der Waals surface area (Å²) in [6.07, 6.45) is 4.81. The number of carbonyl (C=O) groups excluding carboxylic acids is 1. The van der Waals surface area contributed by atoms with Gasteiger partial charge in [0.15, 0.2) is 0 Å². The van der Waals surface area contributed by atoms with Crippen LogP contribution in [-0.2, 0) is 11.3 Å². The number of aromatic nitrogens is 2. The molecule has 2 aromatic carbocycles. The van der Waals surface area contributed by atoms with Crippen molar-refractivity contribution in [3.8, 4) is 0 Å². The highest BCUT2D eigenvalue weighted by Crippen LogP contribution is 2.32. The summed E-state index contributed by atoms with van der Waals surface area (Å²) in [6.45, 7) is 4.93. The second-order valence-corrected chi connectivity index (χ2v) is 9.90. The number of piperidine rings is 2. The molecule has 176 valence electrons. The molecule has 2 bridgehead atoms. The van der Waals surface area contributed by atoms with Crippen molar-refractivity contribution in [1.82, 2.24) is 19.4 Å². The van der Waals surface area contributed by atoms with Gasteiger partial charge in [-0.1, -0.05) is 30.3 Å². The maximum absolute atomic E-state index is 13.4. The molecule has 1 aromatic heterocycles. The van der Waals surface area contributed by atoms with Gasteiger partial charge in [-0.3, -0.25) is 19.1 Å². The van der Waals surface area contributed by atoms with E-state index in [1.165, 1.54) is 5.69 Å². The first-order valence-corrected chi connectivity index (χ1v) is 12.5. The molecular weight excluding hydrogens is 426 g/mol. The highest BCUT2D eigenvalue weighted by atomic mass is 16.2. The van der Waals surface area contributed by atoms with Crippen molar-refractivity contribution in [2.75, 3.05) is 37.6 Å². The van der Waals surface area contributed by atoms with E-state index in [4.69, 9.17) is 0 Å². The number of carbonyl (C=O) groups is 1. The molecule has 4 aliphatic heterocycles. The van der Waals surface area contributed by atoms with Crippen LogP contribution < -0.4 is 10.5 Å². The fourth-order valence-corrected chi connectivity index (χ4v) is 6.03. The molecule has 3 unspecified atom stereocenters. The molecule has 7 rings (SSSR count). The van der Waals surface area contributed by atoms with Crippen LogP contribution in [0.5, 0.6) is 0 Å². The normalized spacial score (nSPS) is 24.8. The summed E-state index contributed by atoms with van der Waals surface area (Å²) < 4.78 is 1.73. The van der Waals surface area contributed by atoms with Crippen LogP contribution in [0.2, 0.25) is 0 Å². The molecule has 5 heterocycles. The van der Waals surface area contributed by atoms with E-state index in [1.807, 2.05) is 30.3 Å². The van der Waals surface area contributed by atoms with Crippen LogP contribution in [0, 0.1) is 5.92 Å². The predicted octanol–water partition coefficient (Wildman–Crippen LogP) is 2.60. The Morgan fingerprint density at radius 3 is 2.50 bits per heavy atom. The molecule has 4 aliphatic rings. The van der Waals surface area contributed by atoms with Crippen LogP contribution in [0.25, 0.3) is 10.9 Å². The van der Waals surface area contributed by atoms with Crippen molar-refractivity contribution in [1.29, 1.82) is 0 Å². The summed E-state index contributed by atoms with van der Waals surface area (Å²) >= 11 is 0. The molecule has 0 saturated carbocycles. The van der Waals surface area contributed by atoms with E-state index in [0.717, 1.165) is 57.5 Å². The highest BCUT2D eigenvalue weighted by molar-refractivity contribution is 5.81. The first-order valence-electron chi connectivity index (χ1n) is 12.5. The zero-order chi connectivity index (χ0) is 23.1. The number of anilines is 1.